The standard InChI is InChI=1S/C17H27N3O.2ClH/c1-20(2)16(13-7-4-3-5-8-13)12-19-17(21)11-14-9-6-10-15(14)18;;/h3-5,7-8,14-16H,6,9-12,18H2,1-2H3,(H,19,21);2*1H/t14-,15+,16?;;/m0../s1. The maximum atomic E-state index is 12.1. The van der Waals surface area contributed by atoms with E-state index in [0.29, 0.717) is 18.9 Å². The second kappa shape index (κ2) is 10.9. The van der Waals surface area contributed by atoms with Gasteiger partial charge in [-0.05, 0) is 38.4 Å². The van der Waals surface area contributed by atoms with Crippen LogP contribution in [0.1, 0.15) is 37.3 Å². The molecule has 3 N–H and O–H groups in total. The van der Waals surface area contributed by atoms with Gasteiger partial charge in [-0.25, -0.2) is 0 Å². The molecule has 0 heterocycles. The van der Waals surface area contributed by atoms with Crippen molar-refractivity contribution in [3.8, 4) is 0 Å². The maximum absolute atomic E-state index is 12.1. The highest BCUT2D eigenvalue weighted by Gasteiger charge is 2.26. The molecule has 1 fully saturated rings. The number of carbonyl (C=O) groups excluding carboxylic acids is 1. The molecule has 2 rings (SSSR count). The van der Waals surface area contributed by atoms with E-state index in [1.807, 2.05) is 32.3 Å². The van der Waals surface area contributed by atoms with Crippen LogP contribution in [-0.2, 0) is 4.79 Å². The molecular weight excluding hydrogens is 333 g/mol. The Morgan fingerprint density at radius 3 is 2.43 bits per heavy atom. The molecule has 1 aliphatic rings. The van der Waals surface area contributed by atoms with Gasteiger partial charge in [-0.3, -0.25) is 4.79 Å². The number of carbonyl (C=O) groups is 1. The Hall–Kier alpha value is -0.810. The van der Waals surface area contributed by atoms with Crippen molar-refractivity contribution in [2.75, 3.05) is 20.6 Å². The number of amides is 1. The van der Waals surface area contributed by atoms with Crippen molar-refractivity contribution in [2.24, 2.45) is 11.7 Å². The molecule has 132 valence electrons. The zero-order valence-electron chi connectivity index (χ0n) is 13.9. The zero-order valence-corrected chi connectivity index (χ0v) is 15.5. The predicted octanol–water partition coefficient (Wildman–Crippen LogP) is 2.77. The van der Waals surface area contributed by atoms with Crippen LogP contribution in [0.25, 0.3) is 0 Å². The second-order valence-electron chi connectivity index (χ2n) is 6.25. The lowest BCUT2D eigenvalue weighted by atomic mass is 9.99. The van der Waals surface area contributed by atoms with Gasteiger partial charge in [-0.2, -0.15) is 0 Å². The minimum atomic E-state index is 0. The van der Waals surface area contributed by atoms with E-state index in [-0.39, 0.29) is 42.8 Å². The molecule has 6 heteroatoms. The van der Waals surface area contributed by atoms with Crippen LogP contribution in [0.5, 0.6) is 0 Å². The Balaban J connectivity index is 0.00000242. The number of rotatable bonds is 6. The highest BCUT2D eigenvalue weighted by molar-refractivity contribution is 5.85. The normalized spacial score (nSPS) is 21.2. The summed E-state index contributed by atoms with van der Waals surface area (Å²) < 4.78 is 0. The molecule has 1 aromatic carbocycles. The van der Waals surface area contributed by atoms with E-state index in [9.17, 15) is 4.79 Å². The summed E-state index contributed by atoms with van der Waals surface area (Å²) in [6.07, 6.45) is 3.87. The first-order valence-electron chi connectivity index (χ1n) is 7.81. The van der Waals surface area contributed by atoms with Crippen LogP contribution >= 0.6 is 24.8 Å². The first-order chi connectivity index (χ1) is 10.1. The van der Waals surface area contributed by atoms with Crippen molar-refractivity contribution in [2.45, 2.75) is 37.8 Å². The minimum absolute atomic E-state index is 0. The van der Waals surface area contributed by atoms with Crippen LogP contribution in [0.3, 0.4) is 0 Å². The van der Waals surface area contributed by atoms with Crippen LogP contribution in [0.15, 0.2) is 30.3 Å². The molecular formula is C17H29Cl2N3O. The topological polar surface area (TPSA) is 58.4 Å². The maximum Gasteiger partial charge on any atom is 0.220 e. The van der Waals surface area contributed by atoms with Crippen molar-refractivity contribution >= 4 is 30.7 Å². The lowest BCUT2D eigenvalue weighted by Gasteiger charge is -2.25. The summed E-state index contributed by atoms with van der Waals surface area (Å²) >= 11 is 0. The lowest BCUT2D eigenvalue weighted by Crippen LogP contribution is -2.36. The van der Waals surface area contributed by atoms with Crippen LogP contribution < -0.4 is 11.1 Å². The summed E-state index contributed by atoms with van der Waals surface area (Å²) in [5.41, 5.74) is 7.26. The molecule has 4 nitrogen and oxygen atoms in total. The third-order valence-electron chi connectivity index (χ3n) is 4.47. The quantitative estimate of drug-likeness (QED) is 0.818. The van der Waals surface area contributed by atoms with Gasteiger partial charge in [0.15, 0.2) is 0 Å². The Kier molecular flexibility index (Phi) is 10.5. The highest BCUT2D eigenvalue weighted by Crippen LogP contribution is 2.26. The van der Waals surface area contributed by atoms with Gasteiger partial charge in [0.2, 0.25) is 5.91 Å². The molecule has 0 bridgehead atoms. The van der Waals surface area contributed by atoms with E-state index >= 15 is 0 Å². The molecule has 0 saturated heterocycles. The third-order valence-corrected chi connectivity index (χ3v) is 4.47. The van der Waals surface area contributed by atoms with E-state index in [0.717, 1.165) is 19.3 Å². The van der Waals surface area contributed by atoms with E-state index in [2.05, 4.69) is 22.3 Å². The number of hydrogen-bond acceptors (Lipinski definition) is 3. The Morgan fingerprint density at radius 1 is 1.26 bits per heavy atom. The Bertz CT molecular complexity index is 456. The van der Waals surface area contributed by atoms with Gasteiger partial charge in [0.05, 0.1) is 6.04 Å². The molecule has 1 aliphatic carbocycles. The van der Waals surface area contributed by atoms with Crippen molar-refractivity contribution in [3.63, 3.8) is 0 Å². The summed E-state index contributed by atoms with van der Waals surface area (Å²) in [6.45, 7) is 0.637. The SMILES string of the molecule is CN(C)C(CNC(=O)C[C@@H]1CCC[C@H]1N)c1ccccc1.Cl.Cl. The number of hydrogen-bond donors (Lipinski definition) is 2. The van der Waals surface area contributed by atoms with Gasteiger partial charge in [0, 0.05) is 19.0 Å². The van der Waals surface area contributed by atoms with Crippen LogP contribution in [-0.4, -0.2) is 37.5 Å². The third kappa shape index (κ3) is 6.68. The number of nitrogens with zero attached hydrogens (tertiary/aromatic N) is 1. The van der Waals surface area contributed by atoms with Gasteiger partial charge in [0.25, 0.3) is 0 Å². The molecule has 0 radical (unpaired) electrons. The molecule has 0 aromatic heterocycles. The van der Waals surface area contributed by atoms with Gasteiger partial charge in [-0.1, -0.05) is 36.8 Å². The molecule has 1 aromatic rings. The predicted molar refractivity (Wildman–Crippen MR) is 100 cm³/mol. The number of benzene rings is 1. The summed E-state index contributed by atoms with van der Waals surface area (Å²) in [7, 11) is 4.08. The molecule has 1 unspecified atom stereocenters. The van der Waals surface area contributed by atoms with E-state index < -0.39 is 0 Å². The molecule has 1 amide bonds. The van der Waals surface area contributed by atoms with E-state index in [1.54, 1.807) is 0 Å². The Labute approximate surface area is 152 Å². The van der Waals surface area contributed by atoms with Gasteiger partial charge in [-0.15, -0.1) is 24.8 Å². The first-order valence-corrected chi connectivity index (χ1v) is 7.81. The minimum Gasteiger partial charge on any atom is -0.354 e. The smallest absolute Gasteiger partial charge is 0.220 e. The van der Waals surface area contributed by atoms with Gasteiger partial charge in [0.1, 0.15) is 0 Å². The van der Waals surface area contributed by atoms with Crippen molar-refractivity contribution < 1.29 is 4.79 Å². The number of halogens is 2. The molecule has 23 heavy (non-hydrogen) atoms. The first kappa shape index (κ1) is 22.2. The Morgan fingerprint density at radius 2 is 1.91 bits per heavy atom. The van der Waals surface area contributed by atoms with E-state index in [4.69, 9.17) is 5.73 Å². The number of likely N-dealkylation sites (N-methyl/N-ethyl adjacent to an activating group) is 1. The number of nitrogens with two attached hydrogens (primary N) is 1. The summed E-state index contributed by atoms with van der Waals surface area (Å²) in [4.78, 5) is 14.3. The second-order valence-corrected chi connectivity index (χ2v) is 6.25. The fourth-order valence-corrected chi connectivity index (χ4v) is 3.11. The number of nitrogens with one attached hydrogen (secondary N) is 1. The molecule has 0 aliphatic heterocycles. The monoisotopic (exact) mass is 361 g/mol. The van der Waals surface area contributed by atoms with Crippen LogP contribution in [0, 0.1) is 5.92 Å². The molecule has 0 spiro atoms. The average Bonchev–Trinajstić information content (AvgIpc) is 2.85. The molecule has 1 saturated carbocycles. The van der Waals surface area contributed by atoms with Crippen LogP contribution in [0.4, 0.5) is 0 Å². The molecule has 3 atom stereocenters. The van der Waals surface area contributed by atoms with Crippen molar-refractivity contribution in [3.05, 3.63) is 35.9 Å². The largest absolute Gasteiger partial charge is 0.354 e. The van der Waals surface area contributed by atoms with Gasteiger partial charge < -0.3 is 16.0 Å². The van der Waals surface area contributed by atoms with E-state index in [1.165, 1.54) is 5.56 Å². The fraction of sp³-hybridized carbons (Fsp3) is 0.588. The van der Waals surface area contributed by atoms with Gasteiger partial charge >= 0.3 is 0 Å². The van der Waals surface area contributed by atoms with Crippen molar-refractivity contribution in [1.29, 1.82) is 0 Å². The summed E-state index contributed by atoms with van der Waals surface area (Å²) in [6, 6.07) is 10.7. The summed E-state index contributed by atoms with van der Waals surface area (Å²) in [5, 5.41) is 3.07. The lowest BCUT2D eigenvalue weighted by molar-refractivity contribution is -0.122. The zero-order chi connectivity index (χ0) is 15.2. The van der Waals surface area contributed by atoms with Crippen LogP contribution in [0.2, 0.25) is 0 Å². The fourth-order valence-electron chi connectivity index (χ4n) is 3.11. The summed E-state index contributed by atoms with van der Waals surface area (Å²) in [5.74, 6) is 0.486. The van der Waals surface area contributed by atoms with Crippen molar-refractivity contribution in [1.82, 2.24) is 10.2 Å². The average molecular weight is 362 g/mol. The highest BCUT2D eigenvalue weighted by atomic mass is 35.5.